The first-order chi connectivity index (χ1) is 9.65. The summed E-state index contributed by atoms with van der Waals surface area (Å²) in [6, 6.07) is 11.4. The molecule has 2 N–H and O–H groups in total. The summed E-state index contributed by atoms with van der Waals surface area (Å²) < 4.78 is 0. The highest BCUT2D eigenvalue weighted by Crippen LogP contribution is 2.19. The Kier molecular flexibility index (Phi) is 2.99. The Hall–Kier alpha value is -2.62. The van der Waals surface area contributed by atoms with Gasteiger partial charge in [0.25, 0.3) is 5.91 Å². The minimum atomic E-state index is -0.125. The van der Waals surface area contributed by atoms with Crippen LogP contribution < -0.4 is 5.32 Å². The molecule has 20 heavy (non-hydrogen) atoms. The Labute approximate surface area is 116 Å². The molecule has 3 rings (SSSR count). The molecule has 1 heterocycles. The molecule has 0 spiro atoms. The number of hydrogen-bond acceptors (Lipinski definition) is 2. The van der Waals surface area contributed by atoms with Gasteiger partial charge in [-0.05, 0) is 49.2 Å². The van der Waals surface area contributed by atoms with E-state index in [4.69, 9.17) is 0 Å². The van der Waals surface area contributed by atoms with Gasteiger partial charge in [0.1, 0.15) is 0 Å². The number of anilines is 1. The number of carbonyl (C=O) groups is 1. The fourth-order valence-electron chi connectivity index (χ4n) is 2.18. The summed E-state index contributed by atoms with van der Waals surface area (Å²) in [4.78, 5) is 12.4. The smallest absolute Gasteiger partial charge is 0.256 e. The summed E-state index contributed by atoms with van der Waals surface area (Å²) in [5.41, 5.74) is 4.65. The maximum absolute atomic E-state index is 12.4. The summed E-state index contributed by atoms with van der Waals surface area (Å²) in [5, 5.41) is 10.6. The van der Waals surface area contributed by atoms with Gasteiger partial charge in [-0.3, -0.25) is 9.89 Å². The zero-order chi connectivity index (χ0) is 14.1. The van der Waals surface area contributed by atoms with Gasteiger partial charge < -0.3 is 5.32 Å². The van der Waals surface area contributed by atoms with Crippen LogP contribution in [0.25, 0.3) is 10.9 Å². The second-order valence-electron chi connectivity index (χ2n) is 4.89. The highest BCUT2D eigenvalue weighted by molar-refractivity contribution is 6.12. The highest BCUT2D eigenvalue weighted by atomic mass is 16.1. The van der Waals surface area contributed by atoms with E-state index in [1.807, 2.05) is 44.2 Å². The number of amides is 1. The third kappa shape index (κ3) is 2.16. The van der Waals surface area contributed by atoms with E-state index in [1.165, 1.54) is 5.56 Å². The lowest BCUT2D eigenvalue weighted by Crippen LogP contribution is -2.12. The average molecular weight is 265 g/mol. The van der Waals surface area contributed by atoms with Gasteiger partial charge in [-0.25, -0.2) is 0 Å². The Morgan fingerprint density at radius 2 is 2.00 bits per heavy atom. The van der Waals surface area contributed by atoms with Crippen molar-refractivity contribution in [3.05, 3.63) is 59.3 Å². The molecule has 3 aromatic rings. The van der Waals surface area contributed by atoms with Crippen LogP contribution in [0, 0.1) is 13.8 Å². The van der Waals surface area contributed by atoms with Crippen LogP contribution in [0.4, 0.5) is 5.69 Å². The van der Waals surface area contributed by atoms with E-state index in [9.17, 15) is 4.79 Å². The summed E-state index contributed by atoms with van der Waals surface area (Å²) in [7, 11) is 0. The van der Waals surface area contributed by atoms with Crippen LogP contribution in [0.2, 0.25) is 0 Å². The number of aryl methyl sites for hydroxylation is 2. The van der Waals surface area contributed by atoms with Gasteiger partial charge >= 0.3 is 0 Å². The molecule has 2 aromatic carbocycles. The number of benzene rings is 2. The van der Waals surface area contributed by atoms with Crippen LogP contribution in [-0.2, 0) is 0 Å². The standard InChI is InChI=1S/C16H15N3O/c1-10-6-7-12(8-11(10)2)18-16(20)13-4-3-5-15-14(13)9-17-19-15/h3-9H,1-2H3,(H,17,19)(H,18,20). The van der Waals surface area contributed by atoms with Crippen molar-refractivity contribution in [3.8, 4) is 0 Å². The number of hydrogen-bond donors (Lipinski definition) is 2. The SMILES string of the molecule is Cc1ccc(NC(=O)c2cccc3[nH]ncc23)cc1C. The predicted molar refractivity (Wildman–Crippen MR) is 80.0 cm³/mol. The third-order valence-electron chi connectivity index (χ3n) is 3.49. The number of rotatable bonds is 2. The normalized spacial score (nSPS) is 10.7. The fourth-order valence-corrected chi connectivity index (χ4v) is 2.18. The van der Waals surface area contributed by atoms with Gasteiger partial charge in [-0.1, -0.05) is 12.1 Å². The van der Waals surface area contributed by atoms with Crippen LogP contribution in [0.1, 0.15) is 21.5 Å². The van der Waals surface area contributed by atoms with Crippen molar-refractivity contribution in [1.29, 1.82) is 0 Å². The third-order valence-corrected chi connectivity index (χ3v) is 3.49. The van der Waals surface area contributed by atoms with Crippen molar-refractivity contribution in [3.63, 3.8) is 0 Å². The van der Waals surface area contributed by atoms with Gasteiger partial charge in [0.15, 0.2) is 0 Å². The lowest BCUT2D eigenvalue weighted by molar-refractivity contribution is 0.102. The van der Waals surface area contributed by atoms with Crippen LogP contribution >= 0.6 is 0 Å². The molecule has 0 radical (unpaired) electrons. The zero-order valence-electron chi connectivity index (χ0n) is 11.4. The maximum atomic E-state index is 12.4. The molecule has 0 unspecified atom stereocenters. The molecule has 0 saturated heterocycles. The van der Waals surface area contributed by atoms with Crippen LogP contribution in [0.3, 0.4) is 0 Å². The van der Waals surface area contributed by atoms with Crippen molar-refractivity contribution in [2.45, 2.75) is 13.8 Å². The Morgan fingerprint density at radius 3 is 2.80 bits per heavy atom. The van der Waals surface area contributed by atoms with E-state index < -0.39 is 0 Å². The number of carbonyl (C=O) groups excluding carboxylic acids is 1. The van der Waals surface area contributed by atoms with Crippen molar-refractivity contribution >= 4 is 22.5 Å². The number of nitrogens with one attached hydrogen (secondary N) is 2. The van der Waals surface area contributed by atoms with Gasteiger partial charge in [0.2, 0.25) is 0 Å². The molecule has 0 aliphatic rings. The minimum Gasteiger partial charge on any atom is -0.322 e. The first-order valence-electron chi connectivity index (χ1n) is 6.46. The molecule has 0 saturated carbocycles. The minimum absolute atomic E-state index is 0.125. The number of nitrogens with zero attached hydrogens (tertiary/aromatic N) is 1. The maximum Gasteiger partial charge on any atom is 0.256 e. The van der Waals surface area contributed by atoms with Gasteiger partial charge in [0, 0.05) is 11.1 Å². The quantitative estimate of drug-likeness (QED) is 0.745. The van der Waals surface area contributed by atoms with E-state index >= 15 is 0 Å². The van der Waals surface area contributed by atoms with Gasteiger partial charge in [-0.15, -0.1) is 0 Å². The van der Waals surface area contributed by atoms with Crippen molar-refractivity contribution < 1.29 is 4.79 Å². The van der Waals surface area contributed by atoms with Crippen LogP contribution in [-0.4, -0.2) is 16.1 Å². The number of aromatic amines is 1. The molecule has 0 bridgehead atoms. The average Bonchev–Trinajstić information content (AvgIpc) is 2.91. The molecule has 100 valence electrons. The number of H-pyrrole nitrogens is 1. The second kappa shape index (κ2) is 4.81. The largest absolute Gasteiger partial charge is 0.322 e. The summed E-state index contributed by atoms with van der Waals surface area (Å²) >= 11 is 0. The Morgan fingerprint density at radius 1 is 1.15 bits per heavy atom. The molecule has 0 fully saturated rings. The molecule has 0 aliphatic heterocycles. The first kappa shape index (κ1) is 12.4. The Balaban J connectivity index is 1.93. The Bertz CT molecular complexity index is 789. The summed E-state index contributed by atoms with van der Waals surface area (Å²) in [6.45, 7) is 4.08. The topological polar surface area (TPSA) is 57.8 Å². The van der Waals surface area contributed by atoms with E-state index in [-0.39, 0.29) is 5.91 Å². The summed E-state index contributed by atoms with van der Waals surface area (Å²) in [5.74, 6) is -0.125. The predicted octanol–water partition coefficient (Wildman–Crippen LogP) is 3.43. The number of fused-ring (bicyclic) bond motifs is 1. The van der Waals surface area contributed by atoms with Gasteiger partial charge in [0.05, 0.1) is 17.3 Å². The van der Waals surface area contributed by atoms with Crippen molar-refractivity contribution in [2.24, 2.45) is 0 Å². The molecular formula is C16H15N3O. The lowest BCUT2D eigenvalue weighted by atomic mass is 10.1. The van der Waals surface area contributed by atoms with Crippen LogP contribution in [0.15, 0.2) is 42.6 Å². The molecule has 0 aliphatic carbocycles. The fraction of sp³-hybridized carbons (Fsp3) is 0.125. The molecule has 4 heteroatoms. The monoisotopic (exact) mass is 265 g/mol. The van der Waals surface area contributed by atoms with Crippen molar-refractivity contribution in [2.75, 3.05) is 5.32 Å². The number of aromatic nitrogens is 2. The van der Waals surface area contributed by atoms with Crippen molar-refractivity contribution in [1.82, 2.24) is 10.2 Å². The lowest BCUT2D eigenvalue weighted by Gasteiger charge is -2.08. The second-order valence-corrected chi connectivity index (χ2v) is 4.89. The summed E-state index contributed by atoms with van der Waals surface area (Å²) in [6.07, 6.45) is 1.67. The van der Waals surface area contributed by atoms with E-state index in [0.717, 1.165) is 22.2 Å². The molecule has 4 nitrogen and oxygen atoms in total. The van der Waals surface area contributed by atoms with Crippen LogP contribution in [0.5, 0.6) is 0 Å². The zero-order valence-corrected chi connectivity index (χ0v) is 11.4. The first-order valence-corrected chi connectivity index (χ1v) is 6.46. The molecule has 0 atom stereocenters. The van der Waals surface area contributed by atoms with E-state index in [2.05, 4.69) is 15.5 Å². The van der Waals surface area contributed by atoms with E-state index in [1.54, 1.807) is 12.3 Å². The molecular weight excluding hydrogens is 250 g/mol. The molecule has 1 amide bonds. The van der Waals surface area contributed by atoms with E-state index in [0.29, 0.717) is 5.56 Å². The highest BCUT2D eigenvalue weighted by Gasteiger charge is 2.11. The molecule has 1 aromatic heterocycles. The van der Waals surface area contributed by atoms with Gasteiger partial charge in [-0.2, -0.15) is 5.10 Å².